The van der Waals surface area contributed by atoms with Crippen molar-refractivity contribution < 1.29 is 22.6 Å². The van der Waals surface area contributed by atoms with Gasteiger partial charge >= 0.3 is 6.36 Å². The van der Waals surface area contributed by atoms with Crippen LogP contribution in [0.2, 0.25) is 0 Å². The summed E-state index contributed by atoms with van der Waals surface area (Å²) in [6, 6.07) is 2.66. The molecule has 1 aromatic heterocycles. The van der Waals surface area contributed by atoms with Crippen molar-refractivity contribution in [1.29, 1.82) is 5.26 Å². The lowest BCUT2D eigenvalue weighted by Crippen LogP contribution is -2.18. The lowest BCUT2D eigenvalue weighted by molar-refractivity contribution is -0.275. The Bertz CT molecular complexity index is 442. The molecule has 4 nitrogen and oxygen atoms in total. The van der Waals surface area contributed by atoms with Gasteiger partial charge < -0.3 is 9.47 Å². The fourth-order valence-corrected chi connectivity index (χ4v) is 1.31. The Morgan fingerprint density at radius 1 is 1.50 bits per heavy atom. The topological polar surface area (TPSA) is 55.1 Å². The van der Waals surface area contributed by atoms with E-state index in [9.17, 15) is 13.2 Å². The highest BCUT2D eigenvalue weighted by atomic mass is 79.9. The van der Waals surface area contributed by atoms with E-state index in [2.05, 4.69) is 30.4 Å². The van der Waals surface area contributed by atoms with Gasteiger partial charge in [-0.3, -0.25) is 0 Å². The van der Waals surface area contributed by atoms with E-state index in [0.717, 1.165) is 7.11 Å². The normalized spacial score (nSPS) is 10.8. The number of methoxy groups -OCH3 is 1. The Balaban J connectivity index is 3.29. The van der Waals surface area contributed by atoms with Gasteiger partial charge in [0.1, 0.15) is 10.7 Å². The molecule has 0 amide bonds. The van der Waals surface area contributed by atoms with Crippen LogP contribution < -0.4 is 9.47 Å². The van der Waals surface area contributed by atoms with Crippen LogP contribution in [0.3, 0.4) is 0 Å². The van der Waals surface area contributed by atoms with Crippen molar-refractivity contribution in [2.75, 3.05) is 7.11 Å². The van der Waals surface area contributed by atoms with Crippen molar-refractivity contribution in [2.24, 2.45) is 0 Å². The van der Waals surface area contributed by atoms with Gasteiger partial charge in [0, 0.05) is 6.07 Å². The zero-order valence-corrected chi connectivity index (χ0v) is 9.39. The van der Waals surface area contributed by atoms with Crippen LogP contribution in [0.5, 0.6) is 11.5 Å². The van der Waals surface area contributed by atoms with Crippen LogP contribution in [0.1, 0.15) is 5.69 Å². The van der Waals surface area contributed by atoms with E-state index in [1.165, 1.54) is 12.1 Å². The standard InChI is InChI=1S/C8H4BrF3N2O2/c1-15-5-2-6(9)14-4(3-13)7(5)16-8(10,11)12/h2H,1H3. The molecule has 0 spiro atoms. The van der Waals surface area contributed by atoms with Crippen LogP contribution in [0.25, 0.3) is 0 Å². The molecule has 0 saturated heterocycles. The van der Waals surface area contributed by atoms with Gasteiger partial charge in [-0.1, -0.05) is 0 Å². The predicted molar refractivity (Wildman–Crippen MR) is 49.9 cm³/mol. The molecule has 0 aliphatic carbocycles. The fourth-order valence-electron chi connectivity index (χ4n) is 0.922. The summed E-state index contributed by atoms with van der Waals surface area (Å²) in [6.07, 6.45) is -4.91. The molecule has 0 aliphatic rings. The Kier molecular flexibility index (Phi) is 3.59. The van der Waals surface area contributed by atoms with Crippen LogP contribution in [0, 0.1) is 11.3 Å². The lowest BCUT2D eigenvalue weighted by Gasteiger charge is -2.13. The van der Waals surface area contributed by atoms with Crippen LogP contribution in [0.15, 0.2) is 10.7 Å². The third-order valence-electron chi connectivity index (χ3n) is 1.45. The average molecular weight is 297 g/mol. The van der Waals surface area contributed by atoms with Crippen molar-refractivity contribution in [3.05, 3.63) is 16.4 Å². The number of hydrogen-bond acceptors (Lipinski definition) is 4. The minimum absolute atomic E-state index is 0.176. The Morgan fingerprint density at radius 2 is 2.12 bits per heavy atom. The van der Waals surface area contributed by atoms with Gasteiger partial charge in [0.25, 0.3) is 0 Å². The number of ether oxygens (including phenoxy) is 2. The average Bonchev–Trinajstić information content (AvgIpc) is 2.18. The van der Waals surface area contributed by atoms with Crippen molar-refractivity contribution in [3.63, 3.8) is 0 Å². The van der Waals surface area contributed by atoms with E-state index in [-0.39, 0.29) is 10.4 Å². The molecule has 1 aromatic rings. The molecule has 0 atom stereocenters. The molecule has 0 N–H and O–H groups in total. The molecule has 0 bridgehead atoms. The van der Waals surface area contributed by atoms with Gasteiger partial charge in [-0.15, -0.1) is 13.2 Å². The second-order valence-electron chi connectivity index (χ2n) is 2.48. The second kappa shape index (κ2) is 4.57. The van der Waals surface area contributed by atoms with Crippen molar-refractivity contribution in [3.8, 4) is 17.6 Å². The van der Waals surface area contributed by atoms with Gasteiger partial charge in [-0.25, -0.2) is 4.98 Å². The number of hydrogen-bond donors (Lipinski definition) is 0. The largest absolute Gasteiger partial charge is 0.573 e. The molecule has 1 heterocycles. The summed E-state index contributed by atoms with van der Waals surface area (Å²) < 4.78 is 44.7. The molecule has 86 valence electrons. The molecule has 16 heavy (non-hydrogen) atoms. The molecule has 0 radical (unpaired) electrons. The second-order valence-corrected chi connectivity index (χ2v) is 3.30. The summed E-state index contributed by atoms with van der Waals surface area (Å²) in [5.74, 6) is -0.976. The monoisotopic (exact) mass is 296 g/mol. The third-order valence-corrected chi connectivity index (χ3v) is 1.86. The molecule has 0 fully saturated rings. The minimum atomic E-state index is -4.91. The number of nitrogens with zero attached hydrogens (tertiary/aromatic N) is 2. The van der Waals surface area contributed by atoms with Gasteiger partial charge in [-0.2, -0.15) is 5.26 Å². The summed E-state index contributed by atoms with van der Waals surface area (Å²) in [5.41, 5.74) is -0.511. The lowest BCUT2D eigenvalue weighted by atomic mass is 10.3. The highest BCUT2D eigenvalue weighted by Gasteiger charge is 2.34. The number of alkyl halides is 3. The maximum atomic E-state index is 12.0. The van der Waals surface area contributed by atoms with E-state index in [4.69, 9.17) is 5.26 Å². The van der Waals surface area contributed by atoms with E-state index in [1.807, 2.05) is 0 Å². The quantitative estimate of drug-likeness (QED) is 0.787. The number of aromatic nitrogens is 1. The van der Waals surface area contributed by atoms with Gasteiger partial charge in [0.2, 0.25) is 5.75 Å². The Hall–Kier alpha value is -1.49. The SMILES string of the molecule is COc1cc(Br)nc(C#N)c1OC(F)(F)F. The molecular formula is C8H4BrF3N2O2. The minimum Gasteiger partial charge on any atom is -0.493 e. The Morgan fingerprint density at radius 3 is 2.56 bits per heavy atom. The maximum absolute atomic E-state index is 12.0. The van der Waals surface area contributed by atoms with Crippen LogP contribution >= 0.6 is 15.9 Å². The first kappa shape index (κ1) is 12.6. The zero-order chi connectivity index (χ0) is 12.3. The highest BCUT2D eigenvalue weighted by molar-refractivity contribution is 9.10. The first-order chi connectivity index (χ1) is 7.37. The fraction of sp³-hybridized carbons (Fsp3) is 0.250. The summed E-state index contributed by atoms with van der Waals surface area (Å²) >= 11 is 2.93. The predicted octanol–water partition coefficient (Wildman–Crippen LogP) is 2.62. The third kappa shape index (κ3) is 3.00. The van der Waals surface area contributed by atoms with Crippen LogP contribution in [0.4, 0.5) is 13.2 Å². The molecule has 0 saturated carbocycles. The summed E-state index contributed by atoms with van der Waals surface area (Å²) in [6.45, 7) is 0. The zero-order valence-electron chi connectivity index (χ0n) is 7.80. The van der Waals surface area contributed by atoms with Crippen molar-refractivity contribution in [1.82, 2.24) is 4.98 Å². The molecule has 0 aromatic carbocycles. The highest BCUT2D eigenvalue weighted by Crippen LogP contribution is 2.35. The number of nitriles is 1. The molecule has 8 heteroatoms. The van der Waals surface area contributed by atoms with Gasteiger partial charge in [0.15, 0.2) is 11.4 Å². The number of halogens is 4. The van der Waals surface area contributed by atoms with E-state index < -0.39 is 17.8 Å². The number of rotatable bonds is 2. The van der Waals surface area contributed by atoms with Crippen molar-refractivity contribution in [2.45, 2.75) is 6.36 Å². The van der Waals surface area contributed by atoms with E-state index in [1.54, 1.807) is 0 Å². The molecular weight excluding hydrogens is 293 g/mol. The van der Waals surface area contributed by atoms with Crippen molar-refractivity contribution >= 4 is 15.9 Å². The molecule has 0 aliphatic heterocycles. The first-order valence-electron chi connectivity index (χ1n) is 3.77. The van der Waals surface area contributed by atoms with Crippen LogP contribution in [-0.2, 0) is 0 Å². The summed E-state index contributed by atoms with van der Waals surface area (Å²) in [7, 11) is 1.16. The number of pyridine rings is 1. The van der Waals surface area contributed by atoms with E-state index >= 15 is 0 Å². The molecule has 1 rings (SSSR count). The van der Waals surface area contributed by atoms with Gasteiger partial charge in [-0.05, 0) is 15.9 Å². The summed E-state index contributed by atoms with van der Waals surface area (Å²) in [4.78, 5) is 3.53. The maximum Gasteiger partial charge on any atom is 0.573 e. The summed E-state index contributed by atoms with van der Waals surface area (Å²) in [5, 5.41) is 8.62. The first-order valence-corrected chi connectivity index (χ1v) is 4.57. The van der Waals surface area contributed by atoms with Crippen LogP contribution in [-0.4, -0.2) is 18.5 Å². The smallest absolute Gasteiger partial charge is 0.493 e. The van der Waals surface area contributed by atoms with E-state index in [0.29, 0.717) is 0 Å². The Labute approximate surface area is 96.7 Å². The molecule has 0 unspecified atom stereocenters. The van der Waals surface area contributed by atoms with Gasteiger partial charge in [0.05, 0.1) is 7.11 Å².